The van der Waals surface area contributed by atoms with Crippen molar-refractivity contribution >= 4 is 5.91 Å². The zero-order valence-corrected chi connectivity index (χ0v) is 8.06. The molecule has 0 heterocycles. The quantitative estimate of drug-likeness (QED) is 0.800. The molecule has 0 aliphatic rings. The van der Waals surface area contributed by atoms with Crippen LogP contribution in [0.4, 0.5) is 17.6 Å². The molecule has 0 bridgehead atoms. The monoisotopic (exact) mass is 237 g/mol. The van der Waals surface area contributed by atoms with E-state index in [0.717, 1.165) is 12.1 Å². The molecular formula is C9H7F4NO2. The second-order valence-electron chi connectivity index (χ2n) is 2.77. The van der Waals surface area contributed by atoms with Crippen LogP contribution >= 0.6 is 0 Å². The third kappa shape index (κ3) is 3.11. The molecule has 0 spiro atoms. The van der Waals surface area contributed by atoms with E-state index in [-0.39, 0.29) is 5.56 Å². The number of alkyl halides is 3. The van der Waals surface area contributed by atoms with Gasteiger partial charge in [0, 0.05) is 12.6 Å². The normalized spacial score (nSPS) is 11.1. The molecular weight excluding hydrogens is 230 g/mol. The number of rotatable bonds is 2. The fraction of sp³-hybridized carbons (Fsp3) is 0.222. The number of ether oxygens (including phenoxy) is 1. The molecule has 0 saturated carbocycles. The minimum atomic E-state index is -4.96. The highest BCUT2D eigenvalue weighted by atomic mass is 19.4. The van der Waals surface area contributed by atoms with Crippen molar-refractivity contribution < 1.29 is 27.1 Å². The van der Waals surface area contributed by atoms with E-state index < -0.39 is 23.8 Å². The minimum Gasteiger partial charge on any atom is -0.403 e. The molecule has 1 amide bonds. The molecule has 0 unspecified atom stereocenters. The molecule has 0 saturated heterocycles. The van der Waals surface area contributed by atoms with E-state index in [4.69, 9.17) is 0 Å². The first-order valence-electron chi connectivity index (χ1n) is 4.11. The van der Waals surface area contributed by atoms with Crippen LogP contribution in [-0.4, -0.2) is 19.3 Å². The summed E-state index contributed by atoms with van der Waals surface area (Å²) in [5.74, 6) is -2.82. The van der Waals surface area contributed by atoms with Crippen molar-refractivity contribution in [1.29, 1.82) is 0 Å². The van der Waals surface area contributed by atoms with E-state index in [1.165, 1.54) is 7.05 Å². The lowest BCUT2D eigenvalue weighted by molar-refractivity contribution is -0.275. The number of benzene rings is 1. The van der Waals surface area contributed by atoms with Crippen molar-refractivity contribution in [1.82, 2.24) is 5.32 Å². The molecule has 1 rings (SSSR count). The van der Waals surface area contributed by atoms with Gasteiger partial charge in [-0.2, -0.15) is 0 Å². The molecule has 0 aliphatic heterocycles. The summed E-state index contributed by atoms with van der Waals surface area (Å²) in [6.07, 6.45) is -4.96. The third-order valence-electron chi connectivity index (χ3n) is 1.65. The standard InChI is InChI=1S/C9H7F4NO2/c1-14-8(15)5-2-3-7(6(10)4-5)16-9(11,12)13/h2-4H,1H3,(H,14,15). The van der Waals surface area contributed by atoms with Gasteiger partial charge in [0.05, 0.1) is 0 Å². The van der Waals surface area contributed by atoms with E-state index in [9.17, 15) is 22.4 Å². The maximum atomic E-state index is 13.1. The fourth-order valence-electron chi connectivity index (χ4n) is 0.994. The highest BCUT2D eigenvalue weighted by Crippen LogP contribution is 2.25. The van der Waals surface area contributed by atoms with Crippen LogP contribution in [0.3, 0.4) is 0 Å². The van der Waals surface area contributed by atoms with Crippen molar-refractivity contribution in [3.63, 3.8) is 0 Å². The lowest BCUT2D eigenvalue weighted by Gasteiger charge is -2.10. The molecule has 0 aromatic heterocycles. The summed E-state index contributed by atoms with van der Waals surface area (Å²) >= 11 is 0. The van der Waals surface area contributed by atoms with Gasteiger partial charge in [-0.25, -0.2) is 4.39 Å². The molecule has 1 aromatic rings. The van der Waals surface area contributed by atoms with Gasteiger partial charge in [0.25, 0.3) is 5.91 Å². The maximum Gasteiger partial charge on any atom is 0.573 e. The second kappa shape index (κ2) is 4.38. The van der Waals surface area contributed by atoms with Crippen molar-refractivity contribution in [2.24, 2.45) is 0 Å². The third-order valence-corrected chi connectivity index (χ3v) is 1.65. The average Bonchev–Trinajstić information content (AvgIpc) is 2.18. The molecule has 16 heavy (non-hydrogen) atoms. The summed E-state index contributed by atoms with van der Waals surface area (Å²) in [7, 11) is 1.32. The van der Waals surface area contributed by atoms with Crippen molar-refractivity contribution in [2.45, 2.75) is 6.36 Å². The Labute approximate surface area is 88.0 Å². The molecule has 1 N–H and O–H groups in total. The van der Waals surface area contributed by atoms with Gasteiger partial charge < -0.3 is 10.1 Å². The fourth-order valence-corrected chi connectivity index (χ4v) is 0.994. The van der Waals surface area contributed by atoms with Crippen LogP contribution in [0.2, 0.25) is 0 Å². The first-order valence-corrected chi connectivity index (χ1v) is 4.11. The van der Waals surface area contributed by atoms with Crippen LogP contribution in [0, 0.1) is 5.82 Å². The van der Waals surface area contributed by atoms with Gasteiger partial charge >= 0.3 is 6.36 Å². The molecule has 0 atom stereocenters. The summed E-state index contributed by atoms with van der Waals surface area (Å²) in [5.41, 5.74) is -0.0884. The van der Waals surface area contributed by atoms with Crippen LogP contribution in [0.15, 0.2) is 18.2 Å². The Bertz CT molecular complexity index is 403. The Morgan fingerprint density at radius 2 is 2.00 bits per heavy atom. The molecule has 7 heteroatoms. The van der Waals surface area contributed by atoms with E-state index in [1.54, 1.807) is 0 Å². The topological polar surface area (TPSA) is 38.3 Å². The first kappa shape index (κ1) is 12.3. The van der Waals surface area contributed by atoms with Crippen LogP contribution < -0.4 is 10.1 Å². The smallest absolute Gasteiger partial charge is 0.403 e. The van der Waals surface area contributed by atoms with Crippen LogP contribution in [0.25, 0.3) is 0 Å². The summed E-state index contributed by atoms with van der Waals surface area (Å²) in [5, 5.41) is 2.21. The number of carbonyl (C=O) groups excluding carboxylic acids is 1. The number of amides is 1. The summed E-state index contributed by atoms with van der Waals surface area (Å²) < 4.78 is 51.8. The Morgan fingerprint density at radius 3 is 2.44 bits per heavy atom. The Morgan fingerprint density at radius 1 is 1.38 bits per heavy atom. The van der Waals surface area contributed by atoms with Crippen LogP contribution in [0.1, 0.15) is 10.4 Å². The van der Waals surface area contributed by atoms with Crippen LogP contribution in [-0.2, 0) is 0 Å². The number of nitrogens with one attached hydrogen (secondary N) is 1. The number of hydrogen-bond donors (Lipinski definition) is 1. The SMILES string of the molecule is CNC(=O)c1ccc(OC(F)(F)F)c(F)c1. The predicted molar refractivity (Wildman–Crippen MR) is 46.5 cm³/mol. The molecule has 0 fully saturated rings. The van der Waals surface area contributed by atoms with Gasteiger partial charge in [-0.3, -0.25) is 4.79 Å². The number of carbonyl (C=O) groups is 1. The van der Waals surface area contributed by atoms with Gasteiger partial charge in [0.15, 0.2) is 11.6 Å². The number of hydrogen-bond acceptors (Lipinski definition) is 2. The summed E-state index contributed by atoms with van der Waals surface area (Å²) in [4.78, 5) is 11.0. The highest BCUT2D eigenvalue weighted by molar-refractivity contribution is 5.94. The lowest BCUT2D eigenvalue weighted by Crippen LogP contribution is -2.20. The lowest BCUT2D eigenvalue weighted by atomic mass is 10.2. The maximum absolute atomic E-state index is 13.1. The van der Waals surface area contributed by atoms with E-state index in [2.05, 4.69) is 10.1 Å². The van der Waals surface area contributed by atoms with Crippen molar-refractivity contribution in [3.05, 3.63) is 29.6 Å². The van der Waals surface area contributed by atoms with E-state index in [0.29, 0.717) is 6.07 Å². The van der Waals surface area contributed by atoms with Crippen LogP contribution in [0.5, 0.6) is 5.75 Å². The summed E-state index contributed by atoms with van der Waals surface area (Å²) in [6, 6.07) is 2.44. The second-order valence-corrected chi connectivity index (χ2v) is 2.77. The minimum absolute atomic E-state index is 0.0884. The largest absolute Gasteiger partial charge is 0.573 e. The zero-order valence-electron chi connectivity index (χ0n) is 8.06. The molecule has 3 nitrogen and oxygen atoms in total. The average molecular weight is 237 g/mol. The van der Waals surface area contributed by atoms with Crippen molar-refractivity contribution in [2.75, 3.05) is 7.05 Å². The van der Waals surface area contributed by atoms with Gasteiger partial charge in [0.2, 0.25) is 0 Å². The molecule has 0 aliphatic carbocycles. The Hall–Kier alpha value is -1.79. The van der Waals surface area contributed by atoms with Gasteiger partial charge in [-0.1, -0.05) is 0 Å². The number of halogens is 4. The molecule has 88 valence electrons. The van der Waals surface area contributed by atoms with Crippen molar-refractivity contribution in [3.8, 4) is 5.75 Å². The summed E-state index contributed by atoms with van der Waals surface area (Å²) in [6.45, 7) is 0. The van der Waals surface area contributed by atoms with Gasteiger partial charge in [0.1, 0.15) is 0 Å². The van der Waals surface area contributed by atoms with Gasteiger partial charge in [-0.05, 0) is 18.2 Å². The predicted octanol–water partition coefficient (Wildman–Crippen LogP) is 2.08. The molecule has 0 radical (unpaired) electrons. The zero-order chi connectivity index (χ0) is 12.3. The molecule has 1 aromatic carbocycles. The Kier molecular flexibility index (Phi) is 3.36. The van der Waals surface area contributed by atoms with E-state index in [1.807, 2.05) is 0 Å². The van der Waals surface area contributed by atoms with E-state index >= 15 is 0 Å². The highest BCUT2D eigenvalue weighted by Gasteiger charge is 2.32. The van der Waals surface area contributed by atoms with Gasteiger partial charge in [-0.15, -0.1) is 13.2 Å². The Balaban J connectivity index is 2.96. The first-order chi connectivity index (χ1) is 7.33.